The summed E-state index contributed by atoms with van der Waals surface area (Å²) < 4.78 is 4.97. The summed E-state index contributed by atoms with van der Waals surface area (Å²) >= 11 is 1.38. The first-order chi connectivity index (χ1) is 9.65. The van der Waals surface area contributed by atoms with E-state index in [1.54, 1.807) is 17.5 Å². The third-order valence-corrected chi connectivity index (χ3v) is 3.07. The van der Waals surface area contributed by atoms with Crippen LogP contribution in [-0.2, 0) is 17.9 Å². The highest BCUT2D eigenvalue weighted by atomic mass is 32.1. The van der Waals surface area contributed by atoms with Crippen molar-refractivity contribution in [2.45, 2.75) is 13.2 Å². The summed E-state index contributed by atoms with van der Waals surface area (Å²) in [7, 11) is 0. The van der Waals surface area contributed by atoms with Crippen molar-refractivity contribution in [3.05, 3.63) is 56.5 Å². The minimum Gasteiger partial charge on any atom is -0.445 e. The molecule has 7 nitrogen and oxygen atoms in total. The van der Waals surface area contributed by atoms with Gasteiger partial charge in [-0.05, 0) is 17.7 Å². The van der Waals surface area contributed by atoms with Gasteiger partial charge in [-0.1, -0.05) is 0 Å². The highest BCUT2D eigenvalue weighted by Gasteiger charge is 2.06. The largest absolute Gasteiger partial charge is 0.445 e. The number of carbonyl (C=O) groups is 1. The van der Waals surface area contributed by atoms with E-state index in [1.807, 2.05) is 0 Å². The van der Waals surface area contributed by atoms with Crippen LogP contribution in [0.15, 0.2) is 29.6 Å². The molecular weight excluding hydrogens is 282 g/mol. The number of rotatable bonds is 5. The van der Waals surface area contributed by atoms with Crippen molar-refractivity contribution in [2.75, 3.05) is 0 Å². The molecule has 0 spiro atoms. The van der Waals surface area contributed by atoms with Crippen LogP contribution in [-0.4, -0.2) is 16.0 Å². The zero-order valence-corrected chi connectivity index (χ0v) is 11.1. The van der Waals surface area contributed by atoms with Crippen LogP contribution < -0.4 is 5.32 Å². The number of amides is 1. The summed E-state index contributed by atoms with van der Waals surface area (Å²) in [5.41, 5.74) is 0.673. The first kappa shape index (κ1) is 13.9. The number of nitro groups is 1. The summed E-state index contributed by atoms with van der Waals surface area (Å²) in [4.78, 5) is 25.3. The summed E-state index contributed by atoms with van der Waals surface area (Å²) in [5.74, 6) is 0. The van der Waals surface area contributed by atoms with E-state index in [0.717, 1.165) is 5.01 Å². The SMILES string of the molecule is O=C(NCc1n[c]cs1)OCc1ccc([N+](=O)[O-])cc1. The summed E-state index contributed by atoms with van der Waals surface area (Å²) in [6.45, 7) is 0.334. The fraction of sp³-hybridized carbons (Fsp3) is 0.167. The third-order valence-electron chi connectivity index (χ3n) is 2.34. The quantitative estimate of drug-likeness (QED) is 0.674. The van der Waals surface area contributed by atoms with E-state index in [1.165, 1.54) is 23.5 Å². The van der Waals surface area contributed by atoms with E-state index in [2.05, 4.69) is 16.5 Å². The first-order valence-corrected chi connectivity index (χ1v) is 6.47. The number of nitro benzene ring substituents is 1. The smallest absolute Gasteiger partial charge is 0.407 e. The van der Waals surface area contributed by atoms with E-state index < -0.39 is 11.0 Å². The van der Waals surface area contributed by atoms with Crippen molar-refractivity contribution < 1.29 is 14.5 Å². The van der Waals surface area contributed by atoms with Gasteiger partial charge in [-0.25, -0.2) is 9.78 Å². The highest BCUT2D eigenvalue weighted by Crippen LogP contribution is 2.12. The Morgan fingerprint density at radius 2 is 2.20 bits per heavy atom. The maximum Gasteiger partial charge on any atom is 0.407 e. The Morgan fingerprint density at radius 3 is 2.80 bits per heavy atom. The Morgan fingerprint density at radius 1 is 1.45 bits per heavy atom. The number of nitrogens with one attached hydrogen (secondary N) is 1. The number of carbonyl (C=O) groups excluding carboxylic acids is 1. The van der Waals surface area contributed by atoms with Gasteiger partial charge in [0.2, 0.25) is 0 Å². The molecule has 103 valence electrons. The van der Waals surface area contributed by atoms with Crippen molar-refractivity contribution >= 4 is 23.1 Å². The zero-order valence-electron chi connectivity index (χ0n) is 10.2. The molecular formula is C12H10N3O4S. The summed E-state index contributed by atoms with van der Waals surface area (Å²) in [6, 6.07) is 5.81. The molecule has 20 heavy (non-hydrogen) atoms. The van der Waals surface area contributed by atoms with Gasteiger partial charge in [-0.2, -0.15) is 0 Å². The molecule has 1 heterocycles. The Kier molecular flexibility index (Phi) is 4.61. The van der Waals surface area contributed by atoms with Crippen LogP contribution in [0.3, 0.4) is 0 Å². The number of benzene rings is 1. The minimum absolute atomic E-state index is 0.00165. The predicted octanol–water partition coefficient (Wildman–Crippen LogP) is 2.28. The predicted molar refractivity (Wildman–Crippen MR) is 71.1 cm³/mol. The second-order valence-electron chi connectivity index (χ2n) is 3.72. The van der Waals surface area contributed by atoms with Crippen LogP contribution in [0.25, 0.3) is 0 Å². The Bertz CT molecular complexity index is 583. The first-order valence-electron chi connectivity index (χ1n) is 5.59. The van der Waals surface area contributed by atoms with Crippen molar-refractivity contribution in [3.63, 3.8) is 0 Å². The highest BCUT2D eigenvalue weighted by molar-refractivity contribution is 7.09. The zero-order chi connectivity index (χ0) is 14.4. The standard InChI is InChI=1S/C12H10N3O4S/c16-12(14-7-11-13-5-6-20-11)19-8-9-1-3-10(4-2-9)15(17)18/h1-4,6H,7-8H2,(H,14,16). The topological polar surface area (TPSA) is 94.4 Å². The molecule has 0 aliphatic rings. The Hall–Kier alpha value is -2.48. The second kappa shape index (κ2) is 6.62. The van der Waals surface area contributed by atoms with Crippen molar-refractivity contribution in [2.24, 2.45) is 0 Å². The van der Waals surface area contributed by atoms with Crippen molar-refractivity contribution in [1.82, 2.24) is 10.3 Å². The summed E-state index contributed by atoms with van der Waals surface area (Å²) in [6.07, 6.45) is 2.08. The van der Waals surface area contributed by atoms with Gasteiger partial charge in [0.1, 0.15) is 17.8 Å². The number of ether oxygens (including phenoxy) is 1. The fourth-order valence-electron chi connectivity index (χ4n) is 1.36. The van der Waals surface area contributed by atoms with Gasteiger partial charge in [0.25, 0.3) is 5.69 Å². The second-order valence-corrected chi connectivity index (χ2v) is 4.67. The van der Waals surface area contributed by atoms with Crippen LogP contribution >= 0.6 is 11.3 Å². The lowest BCUT2D eigenvalue weighted by Gasteiger charge is -2.05. The molecule has 0 unspecified atom stereocenters. The molecule has 0 saturated carbocycles. The maximum absolute atomic E-state index is 11.4. The lowest BCUT2D eigenvalue weighted by atomic mass is 10.2. The molecule has 1 aromatic heterocycles. The van der Waals surface area contributed by atoms with Gasteiger partial charge < -0.3 is 10.1 Å². The molecule has 0 aliphatic heterocycles. The molecule has 8 heteroatoms. The monoisotopic (exact) mass is 292 g/mol. The van der Waals surface area contributed by atoms with E-state index in [-0.39, 0.29) is 18.8 Å². The molecule has 1 aromatic carbocycles. The van der Waals surface area contributed by atoms with Crippen LogP contribution in [0.4, 0.5) is 10.5 Å². The van der Waals surface area contributed by atoms with Crippen LogP contribution in [0.1, 0.15) is 10.6 Å². The number of alkyl carbamates (subject to hydrolysis) is 1. The average Bonchev–Trinajstić information content (AvgIpc) is 2.96. The third kappa shape index (κ3) is 4.02. The molecule has 0 bridgehead atoms. The van der Waals surface area contributed by atoms with Crippen LogP contribution in [0, 0.1) is 16.3 Å². The molecule has 2 rings (SSSR count). The van der Waals surface area contributed by atoms with Crippen LogP contribution in [0.2, 0.25) is 0 Å². The van der Waals surface area contributed by atoms with Crippen molar-refractivity contribution in [1.29, 1.82) is 0 Å². The molecule has 0 atom stereocenters. The Balaban J connectivity index is 1.76. The molecule has 1 N–H and O–H groups in total. The lowest BCUT2D eigenvalue weighted by Crippen LogP contribution is -2.23. The summed E-state index contributed by atoms with van der Waals surface area (Å²) in [5, 5.41) is 15.4. The number of non-ortho nitro benzene ring substituents is 1. The normalized spacial score (nSPS) is 10.0. The molecule has 0 fully saturated rings. The Labute approximate surface area is 118 Å². The number of aromatic nitrogens is 1. The number of hydrogen-bond donors (Lipinski definition) is 1. The molecule has 1 radical (unpaired) electrons. The van der Waals surface area contributed by atoms with E-state index in [9.17, 15) is 14.9 Å². The van der Waals surface area contributed by atoms with Gasteiger partial charge in [-0.3, -0.25) is 10.1 Å². The van der Waals surface area contributed by atoms with E-state index >= 15 is 0 Å². The van der Waals surface area contributed by atoms with Crippen molar-refractivity contribution in [3.8, 4) is 0 Å². The van der Waals surface area contributed by atoms with Gasteiger partial charge in [0.15, 0.2) is 0 Å². The van der Waals surface area contributed by atoms with Gasteiger partial charge in [0, 0.05) is 17.5 Å². The molecule has 1 amide bonds. The molecule has 2 aromatic rings. The van der Waals surface area contributed by atoms with Gasteiger partial charge in [-0.15, -0.1) is 11.3 Å². The average molecular weight is 292 g/mol. The molecule has 0 aliphatic carbocycles. The number of nitrogens with zero attached hydrogens (tertiary/aromatic N) is 2. The molecule has 0 saturated heterocycles. The lowest BCUT2D eigenvalue weighted by molar-refractivity contribution is -0.384. The van der Waals surface area contributed by atoms with E-state index in [0.29, 0.717) is 5.56 Å². The fourth-order valence-corrected chi connectivity index (χ4v) is 1.86. The van der Waals surface area contributed by atoms with E-state index in [4.69, 9.17) is 4.74 Å². The maximum atomic E-state index is 11.4. The van der Waals surface area contributed by atoms with Crippen LogP contribution in [0.5, 0.6) is 0 Å². The number of thiazole rings is 1. The minimum atomic E-state index is -0.571. The van der Waals surface area contributed by atoms with Gasteiger partial charge in [0.05, 0.1) is 11.5 Å². The van der Waals surface area contributed by atoms with Gasteiger partial charge >= 0.3 is 6.09 Å². The number of hydrogen-bond acceptors (Lipinski definition) is 6.